The predicted molar refractivity (Wildman–Crippen MR) is 53.7 cm³/mol. The van der Waals surface area contributed by atoms with E-state index in [1.54, 1.807) is 12.5 Å². The first-order chi connectivity index (χ1) is 6.81. The Hall–Kier alpha value is -1.90. The van der Waals surface area contributed by atoms with E-state index >= 15 is 0 Å². The van der Waals surface area contributed by atoms with E-state index in [1.807, 2.05) is 35.9 Å². The molecule has 0 saturated carbocycles. The molecule has 2 aromatic rings. The van der Waals surface area contributed by atoms with Crippen molar-refractivity contribution in [3.05, 3.63) is 48.0 Å². The van der Waals surface area contributed by atoms with Gasteiger partial charge in [0.1, 0.15) is 0 Å². The smallest absolute Gasteiger partial charge is 0.152 e. The minimum Gasteiger partial charge on any atom is -0.306 e. The van der Waals surface area contributed by atoms with Crippen molar-refractivity contribution in [1.82, 2.24) is 9.55 Å². The zero-order valence-corrected chi connectivity index (χ0v) is 7.84. The van der Waals surface area contributed by atoms with Gasteiger partial charge in [0.2, 0.25) is 0 Å². The van der Waals surface area contributed by atoms with Gasteiger partial charge < -0.3 is 4.57 Å². The molecule has 1 aromatic heterocycles. The van der Waals surface area contributed by atoms with Gasteiger partial charge in [-0.1, -0.05) is 11.6 Å². The molecule has 0 aliphatic rings. The molecule has 0 saturated heterocycles. The Balaban J connectivity index is 2.58. The third-order valence-corrected chi connectivity index (χ3v) is 2.09. The molecule has 0 aliphatic carbocycles. The summed E-state index contributed by atoms with van der Waals surface area (Å²) in [6.07, 6.45) is 6.05. The summed E-state index contributed by atoms with van der Waals surface area (Å²) in [5, 5.41) is 0. The second kappa shape index (κ2) is 3.46. The second-order valence-corrected chi connectivity index (χ2v) is 3.15. The SMILES string of the molecule is Cc1ccc(-n2ccnc2)c(C=O)c1. The van der Waals surface area contributed by atoms with Crippen LogP contribution in [-0.4, -0.2) is 15.8 Å². The lowest BCUT2D eigenvalue weighted by Crippen LogP contribution is -1.96. The average molecular weight is 186 g/mol. The Bertz CT molecular complexity index is 446. The number of hydrogen-bond donors (Lipinski definition) is 0. The number of carbonyl (C=O) groups excluding carboxylic acids is 1. The number of hydrogen-bond acceptors (Lipinski definition) is 2. The summed E-state index contributed by atoms with van der Waals surface area (Å²) in [5.41, 5.74) is 2.63. The van der Waals surface area contributed by atoms with Gasteiger partial charge in [0.05, 0.1) is 12.0 Å². The number of nitrogens with zero attached hydrogens (tertiary/aromatic N) is 2. The van der Waals surface area contributed by atoms with Gasteiger partial charge in [-0.2, -0.15) is 0 Å². The van der Waals surface area contributed by atoms with Gasteiger partial charge in [-0.15, -0.1) is 0 Å². The minimum atomic E-state index is 0.683. The molecular weight excluding hydrogens is 176 g/mol. The fourth-order valence-corrected chi connectivity index (χ4v) is 1.41. The molecule has 0 fully saturated rings. The Labute approximate surface area is 82.0 Å². The zero-order chi connectivity index (χ0) is 9.97. The monoisotopic (exact) mass is 186 g/mol. The topological polar surface area (TPSA) is 34.9 Å². The lowest BCUT2D eigenvalue weighted by Gasteiger charge is -2.05. The van der Waals surface area contributed by atoms with E-state index in [0.29, 0.717) is 5.56 Å². The Morgan fingerprint density at radius 1 is 1.43 bits per heavy atom. The molecule has 1 heterocycles. The first-order valence-electron chi connectivity index (χ1n) is 4.35. The summed E-state index contributed by atoms with van der Waals surface area (Å²) in [4.78, 5) is 14.8. The van der Waals surface area contributed by atoms with Crippen LogP contribution in [0.2, 0.25) is 0 Å². The molecule has 0 atom stereocenters. The summed E-state index contributed by atoms with van der Waals surface area (Å²) < 4.78 is 1.82. The maximum atomic E-state index is 10.8. The molecule has 1 aromatic carbocycles. The van der Waals surface area contributed by atoms with Crippen LogP contribution in [-0.2, 0) is 0 Å². The third-order valence-electron chi connectivity index (χ3n) is 2.09. The van der Waals surface area contributed by atoms with Gasteiger partial charge in [-0.25, -0.2) is 4.98 Å². The Kier molecular flexibility index (Phi) is 2.14. The third kappa shape index (κ3) is 1.44. The summed E-state index contributed by atoms with van der Waals surface area (Å²) in [6, 6.07) is 5.76. The van der Waals surface area contributed by atoms with Crippen molar-refractivity contribution in [1.29, 1.82) is 0 Å². The van der Waals surface area contributed by atoms with E-state index in [1.165, 1.54) is 0 Å². The molecule has 3 heteroatoms. The van der Waals surface area contributed by atoms with Crippen LogP contribution in [0.1, 0.15) is 15.9 Å². The number of imidazole rings is 1. The molecule has 3 nitrogen and oxygen atoms in total. The van der Waals surface area contributed by atoms with Crippen LogP contribution in [0.4, 0.5) is 0 Å². The van der Waals surface area contributed by atoms with Gasteiger partial charge in [0.25, 0.3) is 0 Å². The molecule has 0 unspecified atom stereocenters. The van der Waals surface area contributed by atoms with Gasteiger partial charge in [-0.05, 0) is 19.1 Å². The number of rotatable bonds is 2. The molecule has 0 spiro atoms. The summed E-state index contributed by atoms with van der Waals surface area (Å²) >= 11 is 0. The zero-order valence-electron chi connectivity index (χ0n) is 7.84. The van der Waals surface area contributed by atoms with Crippen LogP contribution >= 0.6 is 0 Å². The lowest BCUT2D eigenvalue weighted by molar-refractivity contribution is 0.112. The lowest BCUT2D eigenvalue weighted by atomic mass is 10.1. The molecule has 0 radical (unpaired) electrons. The number of benzene rings is 1. The normalized spacial score (nSPS) is 10.1. The van der Waals surface area contributed by atoms with Crippen molar-refractivity contribution in [2.24, 2.45) is 0 Å². The average Bonchev–Trinajstić information content (AvgIpc) is 2.70. The standard InChI is InChI=1S/C11H10N2O/c1-9-2-3-11(10(6-9)7-14)13-5-4-12-8-13/h2-8H,1H3. The van der Waals surface area contributed by atoms with Crippen LogP contribution in [0.25, 0.3) is 5.69 Å². The molecular formula is C11H10N2O. The van der Waals surface area contributed by atoms with Crippen molar-refractivity contribution in [2.45, 2.75) is 6.92 Å². The van der Waals surface area contributed by atoms with Gasteiger partial charge in [0, 0.05) is 18.0 Å². The summed E-state index contributed by atoms with van der Waals surface area (Å²) in [6.45, 7) is 1.96. The summed E-state index contributed by atoms with van der Waals surface area (Å²) in [7, 11) is 0. The van der Waals surface area contributed by atoms with Gasteiger partial charge >= 0.3 is 0 Å². The highest BCUT2D eigenvalue weighted by molar-refractivity contribution is 5.81. The molecule has 0 bridgehead atoms. The second-order valence-electron chi connectivity index (χ2n) is 3.15. The Morgan fingerprint density at radius 2 is 2.29 bits per heavy atom. The van der Waals surface area contributed by atoms with E-state index < -0.39 is 0 Å². The van der Waals surface area contributed by atoms with E-state index in [0.717, 1.165) is 17.5 Å². The van der Waals surface area contributed by atoms with Crippen LogP contribution < -0.4 is 0 Å². The molecule has 0 amide bonds. The highest BCUT2D eigenvalue weighted by Crippen LogP contribution is 2.14. The quantitative estimate of drug-likeness (QED) is 0.672. The fourth-order valence-electron chi connectivity index (χ4n) is 1.41. The maximum Gasteiger partial charge on any atom is 0.152 e. The first kappa shape index (κ1) is 8.69. The number of aryl methyl sites for hydroxylation is 1. The molecule has 14 heavy (non-hydrogen) atoms. The van der Waals surface area contributed by atoms with E-state index in [9.17, 15) is 4.79 Å². The number of carbonyl (C=O) groups is 1. The van der Waals surface area contributed by atoms with Crippen molar-refractivity contribution >= 4 is 6.29 Å². The van der Waals surface area contributed by atoms with Crippen LogP contribution in [0.15, 0.2) is 36.9 Å². The van der Waals surface area contributed by atoms with Gasteiger partial charge in [0.15, 0.2) is 6.29 Å². The van der Waals surface area contributed by atoms with Crippen molar-refractivity contribution < 1.29 is 4.79 Å². The molecule has 2 rings (SSSR count). The first-order valence-corrected chi connectivity index (χ1v) is 4.35. The highest BCUT2D eigenvalue weighted by atomic mass is 16.1. The minimum absolute atomic E-state index is 0.683. The highest BCUT2D eigenvalue weighted by Gasteiger charge is 2.02. The molecule has 70 valence electrons. The van der Waals surface area contributed by atoms with Gasteiger partial charge in [-0.3, -0.25) is 4.79 Å². The van der Waals surface area contributed by atoms with Crippen molar-refractivity contribution in [2.75, 3.05) is 0 Å². The molecule has 0 aliphatic heterocycles. The Morgan fingerprint density at radius 3 is 2.93 bits per heavy atom. The number of aldehydes is 1. The van der Waals surface area contributed by atoms with E-state index in [2.05, 4.69) is 4.98 Å². The summed E-state index contributed by atoms with van der Waals surface area (Å²) in [5.74, 6) is 0. The van der Waals surface area contributed by atoms with E-state index in [4.69, 9.17) is 0 Å². The van der Waals surface area contributed by atoms with E-state index in [-0.39, 0.29) is 0 Å². The molecule has 0 N–H and O–H groups in total. The van der Waals surface area contributed by atoms with Crippen molar-refractivity contribution in [3.8, 4) is 5.69 Å². The van der Waals surface area contributed by atoms with Crippen molar-refractivity contribution in [3.63, 3.8) is 0 Å². The van der Waals surface area contributed by atoms with Crippen LogP contribution in [0.5, 0.6) is 0 Å². The predicted octanol–water partition coefficient (Wildman–Crippen LogP) is 1.99. The largest absolute Gasteiger partial charge is 0.306 e. The van der Waals surface area contributed by atoms with Crippen LogP contribution in [0.3, 0.4) is 0 Å². The number of aromatic nitrogens is 2. The van der Waals surface area contributed by atoms with Crippen LogP contribution in [0, 0.1) is 6.92 Å². The fraction of sp³-hybridized carbons (Fsp3) is 0.0909. The maximum absolute atomic E-state index is 10.8.